The van der Waals surface area contributed by atoms with E-state index in [4.69, 9.17) is 4.74 Å². The lowest BCUT2D eigenvalue weighted by molar-refractivity contribution is -0.149. The van der Waals surface area contributed by atoms with Crippen molar-refractivity contribution in [2.24, 2.45) is 11.8 Å². The number of esters is 1. The van der Waals surface area contributed by atoms with Gasteiger partial charge < -0.3 is 4.74 Å². The SMILES string of the molecule is CCCCCCCCCCCCCC(CCCCCCCCCCC)COC(=O)C(C)CC. The van der Waals surface area contributed by atoms with Gasteiger partial charge in [0.2, 0.25) is 0 Å². The van der Waals surface area contributed by atoms with Crippen molar-refractivity contribution in [2.75, 3.05) is 6.61 Å². The molecule has 0 saturated carbocycles. The Bertz CT molecular complexity index is 392. The monoisotopic (exact) mass is 466 g/mol. The molecular weight excluding hydrogens is 404 g/mol. The van der Waals surface area contributed by atoms with Crippen molar-refractivity contribution >= 4 is 5.97 Å². The van der Waals surface area contributed by atoms with Gasteiger partial charge in [0, 0.05) is 0 Å². The number of hydrogen-bond acceptors (Lipinski definition) is 2. The van der Waals surface area contributed by atoms with E-state index in [0.717, 1.165) is 6.42 Å². The van der Waals surface area contributed by atoms with E-state index in [1.165, 1.54) is 141 Å². The zero-order chi connectivity index (χ0) is 24.4. The molecule has 2 unspecified atom stereocenters. The molecule has 0 heterocycles. The summed E-state index contributed by atoms with van der Waals surface area (Å²) in [6.07, 6.45) is 31.1. The first kappa shape index (κ1) is 32.5. The van der Waals surface area contributed by atoms with Crippen LogP contribution >= 0.6 is 0 Å². The summed E-state index contributed by atoms with van der Waals surface area (Å²) in [4.78, 5) is 12.1. The van der Waals surface area contributed by atoms with E-state index in [0.29, 0.717) is 12.5 Å². The van der Waals surface area contributed by atoms with E-state index in [1.807, 2.05) is 6.92 Å². The highest BCUT2D eigenvalue weighted by molar-refractivity contribution is 5.71. The van der Waals surface area contributed by atoms with Crippen LogP contribution in [0, 0.1) is 11.8 Å². The zero-order valence-corrected chi connectivity index (χ0v) is 23.4. The Balaban J connectivity index is 3.93. The Morgan fingerprint density at radius 1 is 0.545 bits per heavy atom. The second-order valence-electron chi connectivity index (χ2n) is 10.7. The fourth-order valence-corrected chi connectivity index (χ4v) is 4.66. The third-order valence-corrected chi connectivity index (χ3v) is 7.41. The van der Waals surface area contributed by atoms with Crippen molar-refractivity contribution in [1.29, 1.82) is 0 Å². The molecule has 2 atom stereocenters. The Kier molecular flexibility index (Phi) is 25.7. The quantitative estimate of drug-likeness (QED) is 0.0935. The molecule has 0 aliphatic heterocycles. The van der Waals surface area contributed by atoms with Gasteiger partial charge in [0.1, 0.15) is 0 Å². The largest absolute Gasteiger partial charge is 0.465 e. The normalized spacial score (nSPS) is 13.2. The fraction of sp³-hybridized carbons (Fsp3) is 0.968. The number of rotatable bonds is 26. The van der Waals surface area contributed by atoms with Crippen molar-refractivity contribution in [2.45, 2.75) is 175 Å². The van der Waals surface area contributed by atoms with Gasteiger partial charge in [-0.2, -0.15) is 0 Å². The molecule has 0 aromatic rings. The lowest BCUT2D eigenvalue weighted by Gasteiger charge is -2.18. The summed E-state index contributed by atoms with van der Waals surface area (Å²) < 4.78 is 5.70. The van der Waals surface area contributed by atoms with Gasteiger partial charge in [-0.05, 0) is 25.2 Å². The zero-order valence-electron chi connectivity index (χ0n) is 23.4. The summed E-state index contributed by atoms with van der Waals surface area (Å²) in [5, 5.41) is 0. The molecular formula is C31H62O2. The molecule has 0 radical (unpaired) electrons. The number of hydrogen-bond donors (Lipinski definition) is 0. The number of carbonyl (C=O) groups excluding carboxylic acids is 1. The molecule has 0 aliphatic rings. The van der Waals surface area contributed by atoms with Crippen LogP contribution in [0.15, 0.2) is 0 Å². The first-order valence-electron chi connectivity index (χ1n) is 15.3. The maximum absolute atomic E-state index is 12.1. The minimum Gasteiger partial charge on any atom is -0.465 e. The molecule has 198 valence electrons. The lowest BCUT2D eigenvalue weighted by atomic mass is 9.94. The van der Waals surface area contributed by atoms with Crippen molar-refractivity contribution in [3.63, 3.8) is 0 Å². The second kappa shape index (κ2) is 26.1. The molecule has 0 aliphatic carbocycles. The van der Waals surface area contributed by atoms with Gasteiger partial charge in [-0.3, -0.25) is 4.79 Å². The van der Waals surface area contributed by atoms with E-state index < -0.39 is 0 Å². The summed E-state index contributed by atoms with van der Waals surface area (Å²) in [6, 6.07) is 0. The average Bonchev–Trinajstić information content (AvgIpc) is 2.83. The van der Waals surface area contributed by atoms with Gasteiger partial charge in [-0.1, -0.05) is 156 Å². The van der Waals surface area contributed by atoms with Gasteiger partial charge >= 0.3 is 5.97 Å². The highest BCUT2D eigenvalue weighted by Gasteiger charge is 2.16. The lowest BCUT2D eigenvalue weighted by Crippen LogP contribution is -2.19. The van der Waals surface area contributed by atoms with Crippen molar-refractivity contribution in [1.82, 2.24) is 0 Å². The highest BCUT2D eigenvalue weighted by atomic mass is 16.5. The molecule has 0 fully saturated rings. The van der Waals surface area contributed by atoms with Crippen molar-refractivity contribution in [3.8, 4) is 0 Å². The molecule has 0 amide bonds. The van der Waals surface area contributed by atoms with Crippen LogP contribution in [0.2, 0.25) is 0 Å². The molecule has 0 aromatic carbocycles. The summed E-state index contributed by atoms with van der Waals surface area (Å²) in [7, 11) is 0. The molecule has 0 aromatic heterocycles. The van der Waals surface area contributed by atoms with Crippen molar-refractivity contribution < 1.29 is 9.53 Å². The molecule has 0 rings (SSSR count). The van der Waals surface area contributed by atoms with E-state index in [2.05, 4.69) is 20.8 Å². The number of unbranched alkanes of at least 4 members (excludes halogenated alkanes) is 18. The smallest absolute Gasteiger partial charge is 0.308 e. The predicted octanol–water partition coefficient (Wildman–Crippen LogP) is 10.8. The summed E-state index contributed by atoms with van der Waals surface area (Å²) in [5.41, 5.74) is 0. The molecule has 33 heavy (non-hydrogen) atoms. The molecule has 2 nitrogen and oxygen atoms in total. The fourth-order valence-electron chi connectivity index (χ4n) is 4.66. The van der Waals surface area contributed by atoms with Crippen molar-refractivity contribution in [3.05, 3.63) is 0 Å². The Hall–Kier alpha value is -0.530. The van der Waals surface area contributed by atoms with E-state index >= 15 is 0 Å². The number of ether oxygens (including phenoxy) is 1. The van der Waals surface area contributed by atoms with Gasteiger partial charge in [-0.15, -0.1) is 0 Å². The van der Waals surface area contributed by atoms with Crippen LogP contribution in [0.25, 0.3) is 0 Å². The van der Waals surface area contributed by atoms with Gasteiger partial charge in [-0.25, -0.2) is 0 Å². The standard InChI is InChI=1S/C31H62O2/c1-5-8-10-12-14-16-17-19-21-23-25-27-30(28-33-31(32)29(4)7-3)26-24-22-20-18-15-13-11-9-6-2/h29-30H,5-28H2,1-4H3. The average molecular weight is 467 g/mol. The van der Waals surface area contributed by atoms with Gasteiger partial charge in [0.25, 0.3) is 0 Å². The van der Waals surface area contributed by atoms with Gasteiger partial charge in [0.15, 0.2) is 0 Å². The Labute approximate surface area is 209 Å². The third-order valence-electron chi connectivity index (χ3n) is 7.41. The third kappa shape index (κ3) is 23.0. The summed E-state index contributed by atoms with van der Waals surface area (Å²) in [5.74, 6) is 0.620. The Morgan fingerprint density at radius 2 is 0.879 bits per heavy atom. The molecule has 0 saturated heterocycles. The number of carbonyl (C=O) groups is 1. The van der Waals surface area contributed by atoms with Crippen LogP contribution in [0.4, 0.5) is 0 Å². The second-order valence-corrected chi connectivity index (χ2v) is 10.7. The topological polar surface area (TPSA) is 26.3 Å². The molecule has 0 spiro atoms. The summed E-state index contributed by atoms with van der Waals surface area (Å²) in [6.45, 7) is 9.28. The van der Waals surface area contributed by atoms with E-state index in [9.17, 15) is 4.79 Å². The highest BCUT2D eigenvalue weighted by Crippen LogP contribution is 2.21. The maximum Gasteiger partial charge on any atom is 0.308 e. The summed E-state index contributed by atoms with van der Waals surface area (Å²) >= 11 is 0. The van der Waals surface area contributed by atoms with Crippen LogP contribution in [0.1, 0.15) is 175 Å². The minimum absolute atomic E-state index is 0.00789. The minimum atomic E-state index is 0.00789. The molecule has 0 N–H and O–H groups in total. The van der Waals surface area contributed by atoms with Crippen LogP contribution in [0.3, 0.4) is 0 Å². The first-order chi connectivity index (χ1) is 16.2. The molecule has 0 bridgehead atoms. The van der Waals surface area contributed by atoms with Crippen LogP contribution in [-0.4, -0.2) is 12.6 Å². The van der Waals surface area contributed by atoms with Gasteiger partial charge in [0.05, 0.1) is 12.5 Å². The van der Waals surface area contributed by atoms with Crippen LogP contribution in [0.5, 0.6) is 0 Å². The maximum atomic E-state index is 12.1. The van der Waals surface area contributed by atoms with Crippen LogP contribution < -0.4 is 0 Å². The van der Waals surface area contributed by atoms with E-state index in [1.54, 1.807) is 0 Å². The first-order valence-corrected chi connectivity index (χ1v) is 15.3. The van der Waals surface area contributed by atoms with Crippen LogP contribution in [-0.2, 0) is 9.53 Å². The molecule has 2 heteroatoms. The Morgan fingerprint density at radius 3 is 1.21 bits per heavy atom. The van der Waals surface area contributed by atoms with E-state index in [-0.39, 0.29) is 11.9 Å². The predicted molar refractivity (Wildman–Crippen MR) is 147 cm³/mol.